The molecule has 0 fully saturated rings. The van der Waals surface area contributed by atoms with Gasteiger partial charge in [0.25, 0.3) is 0 Å². The van der Waals surface area contributed by atoms with Crippen molar-refractivity contribution in [3.8, 4) is 11.5 Å². The van der Waals surface area contributed by atoms with E-state index >= 15 is 0 Å². The minimum absolute atomic E-state index is 0.188. The minimum Gasteiger partial charge on any atom is -0.504 e. The summed E-state index contributed by atoms with van der Waals surface area (Å²) in [4.78, 5) is 16.9. The lowest BCUT2D eigenvalue weighted by Gasteiger charge is -2.13. The number of hydrogen-bond donors (Lipinski definition) is 4. The molecule has 2 amide bonds. The Bertz CT molecular complexity index is 1440. The smallest absolute Gasteiger partial charge is 0.324 e. The molecule has 0 bridgehead atoms. The molecule has 2 aromatic heterocycles. The number of nitrogens with zero attached hydrogens (tertiary/aromatic N) is 1. The average Bonchev–Trinajstić information content (AvgIpc) is 3.11. The van der Waals surface area contributed by atoms with Crippen LogP contribution >= 0.6 is 22.9 Å². The molecule has 0 atom stereocenters. The van der Waals surface area contributed by atoms with Crippen LogP contribution in [0.1, 0.15) is 5.56 Å². The van der Waals surface area contributed by atoms with Crippen molar-refractivity contribution >= 4 is 59.9 Å². The Morgan fingerprint density at radius 1 is 1.12 bits per heavy atom. The first-order valence-electron chi connectivity index (χ1n) is 9.40. The number of fused-ring (bicyclic) bond motifs is 1. The van der Waals surface area contributed by atoms with Gasteiger partial charge in [-0.05, 0) is 29.8 Å². The van der Waals surface area contributed by atoms with Crippen LogP contribution in [0, 0.1) is 0 Å². The van der Waals surface area contributed by atoms with Crippen molar-refractivity contribution in [3.63, 3.8) is 0 Å². The van der Waals surface area contributed by atoms with Gasteiger partial charge in [-0.3, -0.25) is 5.32 Å². The highest BCUT2D eigenvalue weighted by atomic mass is 35.5. The molecular weight excluding hydrogens is 488 g/mol. The summed E-state index contributed by atoms with van der Waals surface area (Å²) in [5.41, 5.74) is 0.754. The Labute approximate surface area is 197 Å². The van der Waals surface area contributed by atoms with E-state index in [1.54, 1.807) is 12.3 Å². The number of amides is 2. The van der Waals surface area contributed by atoms with Crippen molar-refractivity contribution in [1.82, 2.24) is 4.98 Å². The van der Waals surface area contributed by atoms with Crippen LogP contribution in [-0.2, 0) is 16.6 Å². The van der Waals surface area contributed by atoms with E-state index in [-0.39, 0.29) is 17.3 Å². The maximum atomic E-state index is 12.7. The van der Waals surface area contributed by atoms with E-state index in [1.165, 1.54) is 23.5 Å². The summed E-state index contributed by atoms with van der Waals surface area (Å²) in [6, 6.07) is 14.8. The van der Waals surface area contributed by atoms with Crippen LogP contribution in [0.2, 0.25) is 5.02 Å². The summed E-state index contributed by atoms with van der Waals surface area (Å²) < 4.78 is 29.4. The molecule has 0 saturated heterocycles. The van der Waals surface area contributed by atoms with Crippen molar-refractivity contribution < 1.29 is 23.1 Å². The molecule has 0 unspecified atom stereocenters. The van der Waals surface area contributed by atoms with Crippen LogP contribution < -0.4 is 20.5 Å². The molecule has 0 spiro atoms. The van der Waals surface area contributed by atoms with Crippen LogP contribution in [-0.4, -0.2) is 24.5 Å². The van der Waals surface area contributed by atoms with E-state index in [1.807, 2.05) is 36.4 Å². The number of phenolic OH excluding ortho intramolecular Hbond substituents is 1. The summed E-state index contributed by atoms with van der Waals surface area (Å²) in [7, 11) is -4.32. The number of carbonyl (C=O) groups excluding carboxylic acids is 1. The highest BCUT2D eigenvalue weighted by Gasteiger charge is 2.23. The number of ether oxygens (including phenoxy) is 1. The number of nitrogens with two attached hydrogens (primary N) is 1. The topological polar surface area (TPSA) is 144 Å². The van der Waals surface area contributed by atoms with Gasteiger partial charge < -0.3 is 15.2 Å². The standard InChI is InChI=1S/C21H17ClN4O5S2/c22-14-8-9-15(16(27)18(14)33(23,29)30)25-21(28)26-20-17(13-7-4-10-24-19(13)32-20)31-11-12-5-2-1-3-6-12/h1-10,27H,11H2,(H2,23,29,30)(H2,25,26,28). The summed E-state index contributed by atoms with van der Waals surface area (Å²) in [5.74, 6) is -0.327. The maximum Gasteiger partial charge on any atom is 0.324 e. The first-order valence-corrected chi connectivity index (χ1v) is 12.1. The molecule has 9 nitrogen and oxygen atoms in total. The van der Waals surface area contributed by atoms with Gasteiger partial charge in [-0.25, -0.2) is 23.3 Å². The molecule has 2 aromatic carbocycles. The van der Waals surface area contributed by atoms with Crippen molar-refractivity contribution in [2.24, 2.45) is 5.14 Å². The van der Waals surface area contributed by atoms with Crippen molar-refractivity contribution in [1.29, 1.82) is 0 Å². The fraction of sp³-hybridized carbons (Fsp3) is 0.0476. The second-order valence-corrected chi connectivity index (χ2v) is 9.69. The number of aromatic nitrogens is 1. The number of rotatable bonds is 6. The first-order chi connectivity index (χ1) is 15.7. The number of urea groups is 1. The molecular formula is C21H17ClN4O5S2. The number of primary sulfonamides is 1. The Hall–Kier alpha value is -3.38. The van der Waals surface area contributed by atoms with Gasteiger partial charge in [0.2, 0.25) is 10.0 Å². The van der Waals surface area contributed by atoms with Gasteiger partial charge in [-0.1, -0.05) is 53.3 Å². The van der Waals surface area contributed by atoms with Gasteiger partial charge in [0.15, 0.2) is 11.5 Å². The Balaban J connectivity index is 1.60. The monoisotopic (exact) mass is 504 g/mol. The lowest BCUT2D eigenvalue weighted by atomic mass is 10.2. The molecule has 0 aliphatic rings. The van der Waals surface area contributed by atoms with Crippen LogP contribution in [0.15, 0.2) is 65.7 Å². The number of carbonyl (C=O) groups is 1. The number of anilines is 2. The predicted octanol–water partition coefficient (Wildman–Crippen LogP) is 4.53. The molecule has 5 N–H and O–H groups in total. The van der Waals surface area contributed by atoms with Gasteiger partial charge >= 0.3 is 6.03 Å². The molecule has 33 heavy (non-hydrogen) atoms. The molecule has 4 aromatic rings. The van der Waals surface area contributed by atoms with Crippen molar-refractivity contribution in [2.75, 3.05) is 10.6 Å². The number of benzene rings is 2. The Kier molecular flexibility index (Phi) is 6.38. The lowest BCUT2D eigenvalue weighted by molar-refractivity contribution is 0.261. The largest absolute Gasteiger partial charge is 0.504 e. The van der Waals surface area contributed by atoms with Crippen LogP contribution in [0.3, 0.4) is 0 Å². The normalized spacial score (nSPS) is 11.3. The summed E-state index contributed by atoms with van der Waals surface area (Å²) in [6.45, 7) is 0.271. The maximum absolute atomic E-state index is 12.7. The first kappa shape index (κ1) is 22.8. The third-order valence-corrected chi connectivity index (χ3v) is 6.91. The van der Waals surface area contributed by atoms with E-state index in [4.69, 9.17) is 21.5 Å². The second-order valence-electron chi connectivity index (χ2n) is 6.79. The quantitative estimate of drug-likeness (QED) is 0.284. The number of hydrogen-bond acceptors (Lipinski definition) is 7. The van der Waals surface area contributed by atoms with Gasteiger partial charge in [0.05, 0.1) is 16.1 Å². The Morgan fingerprint density at radius 3 is 2.61 bits per heavy atom. The van der Waals surface area contributed by atoms with Crippen LogP contribution in [0.25, 0.3) is 10.2 Å². The molecule has 170 valence electrons. The van der Waals surface area contributed by atoms with E-state index in [0.717, 1.165) is 10.9 Å². The summed E-state index contributed by atoms with van der Waals surface area (Å²) in [6.07, 6.45) is 1.63. The highest BCUT2D eigenvalue weighted by Crippen LogP contribution is 2.42. The van der Waals surface area contributed by atoms with E-state index in [9.17, 15) is 18.3 Å². The van der Waals surface area contributed by atoms with E-state index in [2.05, 4.69) is 15.6 Å². The zero-order valence-corrected chi connectivity index (χ0v) is 19.2. The number of halogens is 1. The summed E-state index contributed by atoms with van der Waals surface area (Å²) >= 11 is 7.04. The van der Waals surface area contributed by atoms with Crippen LogP contribution in [0.4, 0.5) is 15.5 Å². The lowest BCUT2D eigenvalue weighted by Crippen LogP contribution is -2.20. The zero-order valence-electron chi connectivity index (χ0n) is 16.8. The number of phenols is 1. The fourth-order valence-electron chi connectivity index (χ4n) is 3.04. The number of sulfonamides is 1. The minimum atomic E-state index is -4.32. The number of nitrogens with one attached hydrogen (secondary N) is 2. The molecule has 0 aliphatic heterocycles. The van der Waals surface area contributed by atoms with Crippen LogP contribution in [0.5, 0.6) is 11.5 Å². The van der Waals surface area contributed by atoms with Crippen molar-refractivity contribution in [2.45, 2.75) is 11.5 Å². The molecule has 2 heterocycles. The predicted molar refractivity (Wildman–Crippen MR) is 128 cm³/mol. The average molecular weight is 505 g/mol. The van der Waals surface area contributed by atoms with E-state index < -0.39 is 26.7 Å². The molecule has 0 saturated carbocycles. The number of pyridine rings is 1. The molecule has 4 rings (SSSR count). The second kappa shape index (κ2) is 9.24. The van der Waals surface area contributed by atoms with Crippen molar-refractivity contribution in [3.05, 3.63) is 71.4 Å². The zero-order chi connectivity index (χ0) is 23.6. The third-order valence-electron chi connectivity index (χ3n) is 4.49. The number of aromatic hydroxyl groups is 1. The number of thiophene rings is 1. The van der Waals surface area contributed by atoms with Gasteiger partial charge in [-0.15, -0.1) is 0 Å². The molecule has 0 radical (unpaired) electrons. The third kappa shape index (κ3) is 5.01. The van der Waals surface area contributed by atoms with Gasteiger partial charge in [0, 0.05) is 6.20 Å². The van der Waals surface area contributed by atoms with Gasteiger partial charge in [0.1, 0.15) is 21.3 Å². The molecule has 12 heteroatoms. The fourth-order valence-corrected chi connectivity index (χ4v) is 5.22. The van der Waals surface area contributed by atoms with E-state index in [0.29, 0.717) is 15.6 Å². The summed E-state index contributed by atoms with van der Waals surface area (Å²) in [5, 5.41) is 21.3. The highest BCUT2D eigenvalue weighted by molar-refractivity contribution is 7.89. The van der Waals surface area contributed by atoms with Gasteiger partial charge in [-0.2, -0.15) is 0 Å². The molecule has 0 aliphatic carbocycles. The SMILES string of the molecule is NS(=O)(=O)c1c(Cl)ccc(NC(=O)Nc2sc3ncccc3c2OCc2ccccc2)c1O. The Morgan fingerprint density at radius 2 is 1.88 bits per heavy atom.